The van der Waals surface area contributed by atoms with Gasteiger partial charge in [-0.1, -0.05) is 18.2 Å². The smallest absolute Gasteiger partial charge is 0.250 e. The van der Waals surface area contributed by atoms with Gasteiger partial charge in [-0.05, 0) is 42.8 Å². The van der Waals surface area contributed by atoms with Crippen LogP contribution >= 0.6 is 11.3 Å². The van der Waals surface area contributed by atoms with Gasteiger partial charge in [0.2, 0.25) is 5.91 Å². The molecule has 0 aliphatic heterocycles. The van der Waals surface area contributed by atoms with Crippen LogP contribution in [0.4, 0.5) is 5.13 Å². The van der Waals surface area contributed by atoms with Crippen molar-refractivity contribution >= 4 is 28.5 Å². The van der Waals surface area contributed by atoms with Crippen molar-refractivity contribution in [3.63, 3.8) is 0 Å². The van der Waals surface area contributed by atoms with Gasteiger partial charge in [0.05, 0.1) is 26.5 Å². The van der Waals surface area contributed by atoms with Crippen molar-refractivity contribution in [3.05, 3.63) is 59.5 Å². The van der Waals surface area contributed by atoms with Gasteiger partial charge < -0.3 is 14.2 Å². The van der Waals surface area contributed by atoms with Crippen LogP contribution in [-0.2, 0) is 4.79 Å². The number of hydrogen-bond acceptors (Lipinski definition) is 6. The lowest BCUT2D eigenvalue weighted by molar-refractivity contribution is -0.111. The predicted molar refractivity (Wildman–Crippen MR) is 116 cm³/mol. The van der Waals surface area contributed by atoms with Crippen LogP contribution in [0.3, 0.4) is 0 Å². The Balaban J connectivity index is 1.66. The van der Waals surface area contributed by atoms with Crippen LogP contribution in [0.2, 0.25) is 0 Å². The Morgan fingerprint density at radius 3 is 2.76 bits per heavy atom. The van der Waals surface area contributed by atoms with Crippen LogP contribution in [0, 0.1) is 0 Å². The van der Waals surface area contributed by atoms with Crippen molar-refractivity contribution in [1.82, 2.24) is 4.98 Å². The van der Waals surface area contributed by atoms with Gasteiger partial charge in [-0.25, -0.2) is 4.98 Å². The molecule has 0 saturated carbocycles. The number of methoxy groups -OCH3 is 2. The van der Waals surface area contributed by atoms with Crippen LogP contribution in [0.1, 0.15) is 12.5 Å². The molecule has 1 aromatic heterocycles. The molecule has 1 heterocycles. The molecule has 0 saturated heterocycles. The van der Waals surface area contributed by atoms with Crippen LogP contribution in [-0.4, -0.2) is 31.7 Å². The molecule has 0 unspecified atom stereocenters. The maximum atomic E-state index is 12.2. The van der Waals surface area contributed by atoms with Gasteiger partial charge in [-0.3, -0.25) is 10.1 Å². The molecule has 0 atom stereocenters. The van der Waals surface area contributed by atoms with E-state index in [4.69, 9.17) is 14.2 Å². The van der Waals surface area contributed by atoms with E-state index < -0.39 is 0 Å². The number of nitrogens with one attached hydrogen (secondary N) is 1. The standard InChI is InChI=1S/C22H22N2O4S/c1-4-28-19-10-8-15(12-20(19)27-3)9-11-21(25)24-22-23-18(14-29-22)16-6-5-7-17(13-16)26-2/h5-14H,4H2,1-3H3,(H,23,24,25). The minimum atomic E-state index is -0.260. The van der Waals surface area contributed by atoms with E-state index in [-0.39, 0.29) is 5.91 Å². The molecule has 2 aromatic carbocycles. The average Bonchev–Trinajstić information content (AvgIpc) is 3.21. The lowest BCUT2D eigenvalue weighted by Gasteiger charge is -2.09. The zero-order valence-corrected chi connectivity index (χ0v) is 17.3. The van der Waals surface area contributed by atoms with Crippen molar-refractivity contribution in [1.29, 1.82) is 0 Å². The van der Waals surface area contributed by atoms with Gasteiger partial charge in [0.15, 0.2) is 16.6 Å². The summed E-state index contributed by atoms with van der Waals surface area (Å²) < 4.78 is 16.1. The van der Waals surface area contributed by atoms with E-state index in [9.17, 15) is 4.79 Å². The Morgan fingerprint density at radius 2 is 2.00 bits per heavy atom. The molecular weight excluding hydrogens is 388 g/mol. The highest BCUT2D eigenvalue weighted by Crippen LogP contribution is 2.29. The lowest BCUT2D eigenvalue weighted by atomic mass is 10.2. The molecule has 0 radical (unpaired) electrons. The maximum Gasteiger partial charge on any atom is 0.250 e. The van der Waals surface area contributed by atoms with Gasteiger partial charge >= 0.3 is 0 Å². The molecule has 150 valence electrons. The lowest BCUT2D eigenvalue weighted by Crippen LogP contribution is -2.07. The average molecular weight is 410 g/mol. The topological polar surface area (TPSA) is 69.7 Å². The van der Waals surface area contributed by atoms with Crippen molar-refractivity contribution in [2.45, 2.75) is 6.92 Å². The normalized spacial score (nSPS) is 10.7. The Kier molecular flexibility index (Phi) is 6.86. The number of anilines is 1. The van der Waals surface area contributed by atoms with E-state index >= 15 is 0 Å². The third-order valence-corrected chi connectivity index (χ3v) is 4.77. The van der Waals surface area contributed by atoms with Crippen molar-refractivity contribution < 1.29 is 19.0 Å². The number of amides is 1. The first-order chi connectivity index (χ1) is 14.1. The highest BCUT2D eigenvalue weighted by molar-refractivity contribution is 7.14. The quantitative estimate of drug-likeness (QED) is 0.536. The highest BCUT2D eigenvalue weighted by Gasteiger charge is 2.08. The van der Waals surface area contributed by atoms with Crippen LogP contribution in [0.25, 0.3) is 17.3 Å². The Bertz CT molecular complexity index is 1010. The molecule has 0 aliphatic rings. The molecule has 1 amide bonds. The summed E-state index contributed by atoms with van der Waals surface area (Å²) in [5.41, 5.74) is 2.54. The number of rotatable bonds is 8. The Morgan fingerprint density at radius 1 is 1.14 bits per heavy atom. The summed E-state index contributed by atoms with van der Waals surface area (Å²) in [4.78, 5) is 16.7. The molecule has 0 spiro atoms. The number of benzene rings is 2. The first-order valence-electron chi connectivity index (χ1n) is 9.02. The summed E-state index contributed by atoms with van der Waals surface area (Å²) in [5, 5.41) is 5.21. The van der Waals surface area contributed by atoms with Crippen molar-refractivity contribution in [3.8, 4) is 28.5 Å². The number of thiazole rings is 1. The zero-order valence-electron chi connectivity index (χ0n) is 16.5. The third kappa shape index (κ3) is 5.36. The fourth-order valence-electron chi connectivity index (χ4n) is 2.63. The molecule has 6 nitrogen and oxygen atoms in total. The highest BCUT2D eigenvalue weighted by atomic mass is 32.1. The number of carbonyl (C=O) groups excluding carboxylic acids is 1. The van der Waals surface area contributed by atoms with Gasteiger partial charge in [0.25, 0.3) is 0 Å². The summed E-state index contributed by atoms with van der Waals surface area (Å²) in [6, 6.07) is 13.1. The van der Waals surface area contributed by atoms with E-state index in [1.807, 2.05) is 54.8 Å². The first kappa shape index (κ1) is 20.4. The molecule has 7 heteroatoms. The van der Waals surface area contributed by atoms with Crippen LogP contribution in [0.15, 0.2) is 53.9 Å². The number of nitrogens with zero attached hydrogens (tertiary/aromatic N) is 1. The van der Waals surface area contributed by atoms with Gasteiger partial charge in [0.1, 0.15) is 5.75 Å². The SMILES string of the molecule is CCOc1ccc(C=CC(=O)Nc2nc(-c3cccc(OC)c3)cs2)cc1OC. The Labute approximate surface area is 173 Å². The molecule has 0 fully saturated rings. The zero-order chi connectivity index (χ0) is 20.6. The molecule has 0 bridgehead atoms. The molecular formula is C22H22N2O4S. The maximum absolute atomic E-state index is 12.2. The monoisotopic (exact) mass is 410 g/mol. The number of carbonyl (C=O) groups is 1. The second-order valence-corrected chi connectivity index (χ2v) is 6.79. The summed E-state index contributed by atoms with van der Waals surface area (Å²) >= 11 is 1.37. The fraction of sp³-hybridized carbons (Fsp3) is 0.182. The number of hydrogen-bond donors (Lipinski definition) is 1. The molecule has 3 aromatic rings. The van der Waals surface area contributed by atoms with Crippen LogP contribution in [0.5, 0.6) is 17.2 Å². The molecule has 3 rings (SSSR count). The van der Waals surface area contributed by atoms with E-state index in [1.165, 1.54) is 17.4 Å². The summed E-state index contributed by atoms with van der Waals surface area (Å²) in [6.07, 6.45) is 3.17. The summed E-state index contributed by atoms with van der Waals surface area (Å²) in [7, 11) is 3.21. The van der Waals surface area contributed by atoms with E-state index in [0.29, 0.717) is 23.2 Å². The summed E-state index contributed by atoms with van der Waals surface area (Å²) in [6.45, 7) is 2.47. The number of aromatic nitrogens is 1. The minimum Gasteiger partial charge on any atom is -0.497 e. The van der Waals surface area contributed by atoms with Gasteiger partial charge in [-0.2, -0.15) is 0 Å². The molecule has 0 aliphatic carbocycles. The van der Waals surface area contributed by atoms with Crippen molar-refractivity contribution in [2.75, 3.05) is 26.1 Å². The molecule has 29 heavy (non-hydrogen) atoms. The third-order valence-electron chi connectivity index (χ3n) is 4.01. The fourth-order valence-corrected chi connectivity index (χ4v) is 3.35. The summed E-state index contributed by atoms with van der Waals surface area (Å²) in [5.74, 6) is 1.79. The van der Waals surface area contributed by atoms with Crippen molar-refractivity contribution in [2.24, 2.45) is 0 Å². The minimum absolute atomic E-state index is 0.260. The largest absolute Gasteiger partial charge is 0.497 e. The number of ether oxygens (including phenoxy) is 3. The van der Waals surface area contributed by atoms with Gasteiger partial charge in [0, 0.05) is 17.0 Å². The second-order valence-electron chi connectivity index (χ2n) is 5.94. The van der Waals surface area contributed by atoms with E-state index in [2.05, 4.69) is 10.3 Å². The Hall–Kier alpha value is -3.32. The second kappa shape index (κ2) is 9.75. The predicted octanol–water partition coefficient (Wildman–Crippen LogP) is 4.88. The molecule has 1 N–H and O–H groups in total. The van der Waals surface area contributed by atoms with Gasteiger partial charge in [-0.15, -0.1) is 11.3 Å². The first-order valence-corrected chi connectivity index (χ1v) is 9.90. The van der Waals surface area contributed by atoms with Crippen LogP contribution < -0.4 is 19.5 Å². The van der Waals surface area contributed by atoms with E-state index in [0.717, 1.165) is 22.6 Å². The van der Waals surface area contributed by atoms with E-state index in [1.54, 1.807) is 20.3 Å².